The predicted octanol–water partition coefficient (Wildman–Crippen LogP) is 4.76. The monoisotopic (exact) mass is 405 g/mol. The van der Waals surface area contributed by atoms with E-state index in [0.29, 0.717) is 25.3 Å². The van der Waals surface area contributed by atoms with Crippen molar-refractivity contribution in [1.29, 1.82) is 0 Å². The minimum absolute atomic E-state index is 0.141. The topological polar surface area (TPSA) is 66.3 Å². The summed E-state index contributed by atoms with van der Waals surface area (Å²) in [5.74, 6) is -0.872. The van der Waals surface area contributed by atoms with Gasteiger partial charge in [0.1, 0.15) is 16.5 Å². The Bertz CT molecular complexity index is 1020. The number of halogens is 2. The lowest BCUT2D eigenvalue weighted by molar-refractivity contribution is -0.141. The fourth-order valence-electron chi connectivity index (χ4n) is 3.63. The highest BCUT2D eigenvalue weighted by Crippen LogP contribution is 2.43. The molecule has 1 N–H and O–H groups in total. The van der Waals surface area contributed by atoms with E-state index in [1.54, 1.807) is 12.1 Å². The number of aliphatic carboxylic acids is 1. The summed E-state index contributed by atoms with van der Waals surface area (Å²) in [6.45, 7) is 3.08. The van der Waals surface area contributed by atoms with Crippen molar-refractivity contribution in [2.24, 2.45) is 5.92 Å². The maximum absolute atomic E-state index is 13.4. The number of thiophene rings is 1. The summed E-state index contributed by atoms with van der Waals surface area (Å²) in [6.07, 6.45) is 1.43. The number of hydrogen-bond acceptors (Lipinski definition) is 5. The molecule has 3 heterocycles. The van der Waals surface area contributed by atoms with Gasteiger partial charge in [0, 0.05) is 23.5 Å². The number of benzene rings is 1. The molecule has 27 heavy (non-hydrogen) atoms. The van der Waals surface area contributed by atoms with E-state index < -0.39 is 11.9 Å². The molecular formula is C19H17ClFN3O2S. The van der Waals surface area contributed by atoms with Gasteiger partial charge in [0.2, 0.25) is 5.28 Å². The first-order valence-electron chi connectivity index (χ1n) is 8.64. The molecule has 1 fully saturated rings. The highest BCUT2D eigenvalue weighted by Gasteiger charge is 2.29. The van der Waals surface area contributed by atoms with Crippen LogP contribution < -0.4 is 4.90 Å². The number of fused-ring (bicyclic) bond motifs is 1. The van der Waals surface area contributed by atoms with Crippen LogP contribution in [0.15, 0.2) is 24.3 Å². The van der Waals surface area contributed by atoms with Gasteiger partial charge >= 0.3 is 5.97 Å². The van der Waals surface area contributed by atoms with E-state index in [-0.39, 0.29) is 11.1 Å². The summed E-state index contributed by atoms with van der Waals surface area (Å²) < 4.78 is 13.4. The Labute approximate surface area is 164 Å². The lowest BCUT2D eigenvalue weighted by atomic mass is 9.97. The molecule has 0 radical (unpaired) electrons. The van der Waals surface area contributed by atoms with Gasteiger partial charge in [-0.3, -0.25) is 4.79 Å². The van der Waals surface area contributed by atoms with Gasteiger partial charge in [-0.1, -0.05) is 12.1 Å². The van der Waals surface area contributed by atoms with E-state index in [0.717, 1.165) is 32.6 Å². The highest BCUT2D eigenvalue weighted by molar-refractivity contribution is 7.19. The lowest BCUT2D eigenvalue weighted by Gasteiger charge is -2.32. The van der Waals surface area contributed by atoms with Crippen molar-refractivity contribution in [2.45, 2.75) is 19.8 Å². The third-order valence-electron chi connectivity index (χ3n) is 4.88. The van der Waals surface area contributed by atoms with Gasteiger partial charge in [-0.2, -0.15) is 4.98 Å². The van der Waals surface area contributed by atoms with Gasteiger partial charge in [-0.15, -0.1) is 11.3 Å². The lowest BCUT2D eigenvalue weighted by Crippen LogP contribution is -2.39. The fourth-order valence-corrected chi connectivity index (χ4v) is 4.89. The number of rotatable bonds is 3. The van der Waals surface area contributed by atoms with E-state index in [1.807, 2.05) is 11.8 Å². The Morgan fingerprint density at radius 1 is 1.33 bits per heavy atom. The van der Waals surface area contributed by atoms with Crippen LogP contribution in [0.1, 0.15) is 17.7 Å². The average Bonchev–Trinajstić information content (AvgIpc) is 2.97. The predicted molar refractivity (Wildman–Crippen MR) is 105 cm³/mol. The van der Waals surface area contributed by atoms with Crippen molar-refractivity contribution in [3.8, 4) is 11.1 Å². The van der Waals surface area contributed by atoms with E-state index in [2.05, 4.69) is 9.97 Å². The van der Waals surface area contributed by atoms with Gasteiger partial charge < -0.3 is 10.0 Å². The third kappa shape index (κ3) is 3.37. The number of carboxylic acids is 1. The van der Waals surface area contributed by atoms with Crippen molar-refractivity contribution in [1.82, 2.24) is 9.97 Å². The summed E-state index contributed by atoms with van der Waals surface area (Å²) in [6, 6.07) is 6.32. The zero-order valence-electron chi connectivity index (χ0n) is 14.6. The van der Waals surface area contributed by atoms with Crippen LogP contribution in [0.5, 0.6) is 0 Å². The van der Waals surface area contributed by atoms with Gasteiger partial charge in [-0.25, -0.2) is 9.37 Å². The second kappa shape index (κ2) is 7.05. The molecule has 2 aromatic heterocycles. The minimum atomic E-state index is -0.795. The number of carboxylic acid groups (broad SMARTS) is 1. The Morgan fingerprint density at radius 2 is 2.07 bits per heavy atom. The SMILES string of the molecule is Cc1sc2nc(Cl)nc(N3CCCC(C(=O)O)C3)c2c1-c1ccc(F)cc1. The van der Waals surface area contributed by atoms with Crippen molar-refractivity contribution in [3.05, 3.63) is 40.2 Å². The number of aryl methyl sites for hydroxylation is 1. The number of carbonyl (C=O) groups is 1. The summed E-state index contributed by atoms with van der Waals surface area (Å²) in [4.78, 5) is 24.1. The van der Waals surface area contributed by atoms with Gasteiger partial charge in [0.05, 0.1) is 11.3 Å². The van der Waals surface area contributed by atoms with Crippen LogP contribution in [0.3, 0.4) is 0 Å². The molecule has 140 valence electrons. The number of anilines is 1. The zero-order chi connectivity index (χ0) is 19.1. The van der Waals surface area contributed by atoms with Gasteiger partial charge in [-0.05, 0) is 49.1 Å². The number of aromatic nitrogens is 2. The second-order valence-corrected chi connectivity index (χ2v) is 8.20. The molecule has 1 unspecified atom stereocenters. The molecule has 1 atom stereocenters. The largest absolute Gasteiger partial charge is 0.481 e. The molecule has 0 aliphatic carbocycles. The van der Waals surface area contributed by atoms with Crippen molar-refractivity contribution < 1.29 is 14.3 Å². The van der Waals surface area contributed by atoms with Crippen LogP contribution in [0.4, 0.5) is 10.2 Å². The van der Waals surface area contributed by atoms with Crippen LogP contribution in [0, 0.1) is 18.7 Å². The normalized spacial score (nSPS) is 17.4. The summed E-state index contributed by atoms with van der Waals surface area (Å²) in [5.41, 5.74) is 1.82. The molecule has 5 nitrogen and oxygen atoms in total. The fraction of sp³-hybridized carbons (Fsp3) is 0.316. The number of hydrogen-bond donors (Lipinski definition) is 1. The third-order valence-corrected chi connectivity index (χ3v) is 6.05. The van der Waals surface area contributed by atoms with Crippen molar-refractivity contribution >= 4 is 44.9 Å². The van der Waals surface area contributed by atoms with Crippen molar-refractivity contribution in [3.63, 3.8) is 0 Å². The molecule has 0 bridgehead atoms. The van der Waals surface area contributed by atoms with E-state index >= 15 is 0 Å². The standard InChI is InChI=1S/C19H17ClFN3O2S/c1-10-14(11-4-6-13(21)7-5-11)15-16(22-19(20)23-17(15)27-10)24-8-2-3-12(9-24)18(25)26/h4-7,12H,2-3,8-9H2,1H3,(H,25,26). The van der Waals surface area contributed by atoms with Crippen molar-refractivity contribution in [2.75, 3.05) is 18.0 Å². The molecule has 4 rings (SSSR count). The second-order valence-electron chi connectivity index (χ2n) is 6.66. The first-order chi connectivity index (χ1) is 12.9. The van der Waals surface area contributed by atoms with E-state index in [4.69, 9.17) is 11.6 Å². The van der Waals surface area contributed by atoms with Gasteiger partial charge in [0.25, 0.3) is 0 Å². The maximum Gasteiger partial charge on any atom is 0.308 e. The van der Waals surface area contributed by atoms with Gasteiger partial charge in [0.15, 0.2) is 0 Å². The number of nitrogens with zero attached hydrogens (tertiary/aromatic N) is 3. The quantitative estimate of drug-likeness (QED) is 0.636. The zero-order valence-corrected chi connectivity index (χ0v) is 16.1. The smallest absolute Gasteiger partial charge is 0.308 e. The molecule has 0 saturated carbocycles. The van der Waals surface area contributed by atoms with Crippen LogP contribution in [-0.4, -0.2) is 34.1 Å². The first-order valence-corrected chi connectivity index (χ1v) is 9.84. The van der Waals surface area contributed by atoms with E-state index in [1.165, 1.54) is 23.5 Å². The molecule has 1 aliphatic heterocycles. The highest BCUT2D eigenvalue weighted by atomic mass is 35.5. The summed E-state index contributed by atoms with van der Waals surface area (Å²) in [7, 11) is 0. The first kappa shape index (κ1) is 18.1. The number of piperidine rings is 1. The average molecular weight is 406 g/mol. The summed E-state index contributed by atoms with van der Waals surface area (Å²) >= 11 is 7.67. The Balaban J connectivity index is 1.90. The molecule has 1 aromatic carbocycles. The Kier molecular flexibility index (Phi) is 4.74. The molecular weight excluding hydrogens is 389 g/mol. The minimum Gasteiger partial charge on any atom is -0.481 e. The molecule has 3 aromatic rings. The van der Waals surface area contributed by atoms with Crippen LogP contribution >= 0.6 is 22.9 Å². The molecule has 0 spiro atoms. The molecule has 0 amide bonds. The summed E-state index contributed by atoms with van der Waals surface area (Å²) in [5, 5.41) is 10.4. The maximum atomic E-state index is 13.4. The van der Waals surface area contributed by atoms with E-state index in [9.17, 15) is 14.3 Å². The molecule has 1 saturated heterocycles. The van der Waals surface area contributed by atoms with Crippen LogP contribution in [-0.2, 0) is 4.79 Å². The van der Waals surface area contributed by atoms with Crippen LogP contribution in [0.25, 0.3) is 21.3 Å². The molecule has 1 aliphatic rings. The van der Waals surface area contributed by atoms with Crippen LogP contribution in [0.2, 0.25) is 5.28 Å². The Morgan fingerprint density at radius 3 is 2.78 bits per heavy atom. The molecule has 8 heteroatoms. The Hall–Kier alpha value is -2.25.